The zero-order valence-electron chi connectivity index (χ0n) is 12.5. The molecule has 1 saturated carbocycles. The Morgan fingerprint density at radius 3 is 2.91 bits per heavy atom. The normalized spacial score (nSPS) is 14.4. The van der Waals surface area contributed by atoms with Crippen molar-refractivity contribution < 1.29 is 4.79 Å². The van der Waals surface area contributed by atoms with E-state index in [9.17, 15) is 4.79 Å². The van der Waals surface area contributed by atoms with E-state index in [1.165, 1.54) is 12.8 Å². The molecule has 3 aromatic rings. The van der Waals surface area contributed by atoms with E-state index < -0.39 is 0 Å². The number of aromatic nitrogens is 3. The first kappa shape index (κ1) is 13.1. The number of hydrogen-bond acceptors (Lipinski definition) is 2. The maximum Gasteiger partial charge on any atom is 0.253 e. The van der Waals surface area contributed by atoms with E-state index in [-0.39, 0.29) is 5.91 Å². The van der Waals surface area contributed by atoms with Gasteiger partial charge in [0.25, 0.3) is 5.91 Å². The van der Waals surface area contributed by atoms with Crippen LogP contribution in [0.4, 0.5) is 0 Å². The van der Waals surface area contributed by atoms with Gasteiger partial charge in [-0.15, -0.1) is 0 Å². The van der Waals surface area contributed by atoms with Crippen LogP contribution in [-0.4, -0.2) is 26.6 Å². The lowest BCUT2D eigenvalue weighted by molar-refractivity contribution is 0.0953. The van der Waals surface area contributed by atoms with Crippen molar-refractivity contribution in [2.24, 2.45) is 13.0 Å². The lowest BCUT2D eigenvalue weighted by atomic mass is 10.2. The van der Waals surface area contributed by atoms with Crippen molar-refractivity contribution in [2.75, 3.05) is 6.54 Å². The van der Waals surface area contributed by atoms with Crippen molar-refractivity contribution in [3.8, 4) is 11.4 Å². The number of nitrogens with zero attached hydrogens (tertiary/aromatic N) is 3. The molecule has 0 spiro atoms. The Morgan fingerprint density at radius 1 is 1.32 bits per heavy atom. The molecule has 0 bridgehead atoms. The van der Waals surface area contributed by atoms with Crippen LogP contribution >= 0.6 is 0 Å². The van der Waals surface area contributed by atoms with Gasteiger partial charge in [-0.05, 0) is 43.0 Å². The second kappa shape index (κ2) is 5.02. The molecule has 5 nitrogen and oxygen atoms in total. The summed E-state index contributed by atoms with van der Waals surface area (Å²) in [6.45, 7) is 0.780. The van der Waals surface area contributed by atoms with Crippen molar-refractivity contribution in [3.05, 3.63) is 48.3 Å². The Bertz CT molecular complexity index is 841. The van der Waals surface area contributed by atoms with Crippen LogP contribution in [0.5, 0.6) is 0 Å². The number of pyridine rings is 1. The Kier molecular flexibility index (Phi) is 2.99. The summed E-state index contributed by atoms with van der Waals surface area (Å²) in [5.74, 6) is 0.672. The Balaban J connectivity index is 1.76. The molecular weight excluding hydrogens is 276 g/mol. The third-order valence-corrected chi connectivity index (χ3v) is 4.15. The maximum atomic E-state index is 12.5. The summed E-state index contributed by atoms with van der Waals surface area (Å²) in [4.78, 5) is 12.5. The molecule has 0 atom stereocenters. The van der Waals surface area contributed by atoms with Crippen molar-refractivity contribution in [2.45, 2.75) is 12.8 Å². The minimum atomic E-state index is -0.00205. The molecule has 0 unspecified atom stereocenters. The monoisotopic (exact) mass is 294 g/mol. The molecule has 1 aliphatic rings. The van der Waals surface area contributed by atoms with Gasteiger partial charge >= 0.3 is 0 Å². The number of rotatable bonds is 4. The summed E-state index contributed by atoms with van der Waals surface area (Å²) in [6, 6.07) is 9.78. The highest BCUT2D eigenvalue weighted by Gasteiger charge is 2.23. The quantitative estimate of drug-likeness (QED) is 0.803. The van der Waals surface area contributed by atoms with Gasteiger partial charge in [-0.3, -0.25) is 9.48 Å². The Labute approximate surface area is 128 Å². The van der Waals surface area contributed by atoms with E-state index >= 15 is 0 Å². The van der Waals surface area contributed by atoms with E-state index in [0.29, 0.717) is 11.5 Å². The highest BCUT2D eigenvalue weighted by atomic mass is 16.1. The van der Waals surface area contributed by atoms with Gasteiger partial charge in [0, 0.05) is 26.0 Å². The minimum Gasteiger partial charge on any atom is -0.352 e. The summed E-state index contributed by atoms with van der Waals surface area (Å²) >= 11 is 0. The lowest BCUT2D eigenvalue weighted by Crippen LogP contribution is -2.25. The summed E-state index contributed by atoms with van der Waals surface area (Å²) in [5.41, 5.74) is 3.43. The molecule has 0 radical (unpaired) electrons. The standard InChI is InChI=1S/C17H18N4O/c1-20-9-7-14(19-20)16-10-13(15-4-2-3-8-21(15)16)17(22)18-11-12-5-6-12/h2-4,7-10,12H,5-6,11H2,1H3,(H,18,22). The minimum absolute atomic E-state index is 0.00205. The van der Waals surface area contributed by atoms with Crippen LogP contribution in [0.3, 0.4) is 0 Å². The maximum absolute atomic E-state index is 12.5. The van der Waals surface area contributed by atoms with Crippen LogP contribution in [0.2, 0.25) is 0 Å². The first-order valence-electron chi connectivity index (χ1n) is 7.60. The van der Waals surface area contributed by atoms with Gasteiger partial charge in [0.15, 0.2) is 0 Å². The molecule has 0 aliphatic heterocycles. The molecule has 4 rings (SSSR count). The zero-order valence-corrected chi connectivity index (χ0v) is 12.5. The van der Waals surface area contributed by atoms with E-state index in [4.69, 9.17) is 0 Å². The van der Waals surface area contributed by atoms with Gasteiger partial charge in [-0.1, -0.05) is 6.07 Å². The number of carbonyl (C=O) groups is 1. The zero-order chi connectivity index (χ0) is 15.1. The number of nitrogens with one attached hydrogen (secondary N) is 1. The topological polar surface area (TPSA) is 51.3 Å². The van der Waals surface area contributed by atoms with Crippen LogP contribution in [0.25, 0.3) is 16.9 Å². The van der Waals surface area contributed by atoms with Gasteiger partial charge in [0.1, 0.15) is 5.69 Å². The molecule has 3 heterocycles. The number of hydrogen-bond donors (Lipinski definition) is 1. The molecule has 1 fully saturated rings. The van der Waals surface area contributed by atoms with Crippen LogP contribution in [-0.2, 0) is 7.05 Å². The largest absolute Gasteiger partial charge is 0.352 e. The molecule has 112 valence electrons. The Hall–Kier alpha value is -2.56. The van der Waals surface area contributed by atoms with Crippen molar-refractivity contribution in [3.63, 3.8) is 0 Å². The lowest BCUT2D eigenvalue weighted by Gasteiger charge is -2.03. The predicted octanol–water partition coefficient (Wildman–Crippen LogP) is 2.48. The summed E-state index contributed by atoms with van der Waals surface area (Å²) in [5, 5.41) is 7.50. The Morgan fingerprint density at radius 2 is 2.18 bits per heavy atom. The number of fused-ring (bicyclic) bond motifs is 1. The SMILES string of the molecule is Cn1ccc(-c2cc(C(=O)NCC3CC3)c3ccccn23)n1. The van der Waals surface area contributed by atoms with Crippen LogP contribution in [0.15, 0.2) is 42.7 Å². The second-order valence-corrected chi connectivity index (χ2v) is 5.93. The fourth-order valence-electron chi connectivity index (χ4n) is 2.74. The van der Waals surface area contributed by atoms with E-state index in [1.54, 1.807) is 4.68 Å². The first-order valence-corrected chi connectivity index (χ1v) is 7.60. The summed E-state index contributed by atoms with van der Waals surface area (Å²) < 4.78 is 3.79. The molecule has 0 saturated heterocycles. The van der Waals surface area contributed by atoms with Crippen LogP contribution in [0, 0.1) is 5.92 Å². The van der Waals surface area contributed by atoms with Gasteiger partial charge in [-0.25, -0.2) is 0 Å². The van der Waals surface area contributed by atoms with Gasteiger partial charge < -0.3 is 9.72 Å². The highest BCUT2D eigenvalue weighted by Crippen LogP contribution is 2.28. The van der Waals surface area contributed by atoms with Crippen molar-refractivity contribution in [1.29, 1.82) is 0 Å². The number of carbonyl (C=O) groups excluding carboxylic acids is 1. The molecule has 0 aromatic carbocycles. The fraction of sp³-hybridized carbons (Fsp3) is 0.294. The molecule has 3 aromatic heterocycles. The number of aryl methyl sites for hydroxylation is 1. The first-order chi connectivity index (χ1) is 10.7. The average Bonchev–Trinajstić information content (AvgIpc) is 3.14. The predicted molar refractivity (Wildman–Crippen MR) is 84.7 cm³/mol. The molecule has 5 heteroatoms. The molecular formula is C17H18N4O. The van der Waals surface area contributed by atoms with Crippen LogP contribution < -0.4 is 5.32 Å². The molecule has 1 amide bonds. The molecule has 1 aliphatic carbocycles. The van der Waals surface area contributed by atoms with Crippen molar-refractivity contribution in [1.82, 2.24) is 19.5 Å². The highest BCUT2D eigenvalue weighted by molar-refractivity contribution is 6.02. The van der Waals surface area contributed by atoms with Gasteiger partial charge in [0.05, 0.1) is 16.8 Å². The fourth-order valence-corrected chi connectivity index (χ4v) is 2.74. The van der Waals surface area contributed by atoms with E-state index in [2.05, 4.69) is 10.4 Å². The van der Waals surface area contributed by atoms with Crippen LogP contribution in [0.1, 0.15) is 23.2 Å². The summed E-state index contributed by atoms with van der Waals surface area (Å²) in [6.07, 6.45) is 6.34. The van der Waals surface area contributed by atoms with E-state index in [0.717, 1.165) is 23.4 Å². The molecule has 1 N–H and O–H groups in total. The van der Waals surface area contributed by atoms with Gasteiger partial charge in [0.2, 0.25) is 0 Å². The smallest absolute Gasteiger partial charge is 0.253 e. The third kappa shape index (κ3) is 2.28. The summed E-state index contributed by atoms with van der Waals surface area (Å²) in [7, 11) is 1.89. The van der Waals surface area contributed by atoms with E-state index in [1.807, 2.05) is 54.2 Å². The van der Waals surface area contributed by atoms with Gasteiger partial charge in [-0.2, -0.15) is 5.10 Å². The molecule has 22 heavy (non-hydrogen) atoms. The number of amides is 1. The van der Waals surface area contributed by atoms with Crippen molar-refractivity contribution >= 4 is 11.4 Å². The average molecular weight is 294 g/mol. The second-order valence-electron chi connectivity index (χ2n) is 5.93. The third-order valence-electron chi connectivity index (χ3n) is 4.15.